The molecule has 0 aliphatic carbocycles. The summed E-state index contributed by atoms with van der Waals surface area (Å²) >= 11 is 0. The van der Waals surface area contributed by atoms with Gasteiger partial charge in [0.05, 0.1) is 0 Å². The van der Waals surface area contributed by atoms with Crippen LogP contribution < -0.4 is 11.2 Å². The van der Waals surface area contributed by atoms with Crippen molar-refractivity contribution in [3.05, 3.63) is 62.9 Å². The highest BCUT2D eigenvalue weighted by Crippen LogP contribution is 2.09. The molecule has 26 heavy (non-hydrogen) atoms. The second-order valence-corrected chi connectivity index (χ2v) is 6.86. The lowest BCUT2D eigenvalue weighted by atomic mass is 10.2. The minimum Gasteiger partial charge on any atom is -0.301 e. The molecule has 1 aliphatic rings. The monoisotopic (exact) mass is 357 g/mol. The Hall–Kier alpha value is -2.25. The summed E-state index contributed by atoms with van der Waals surface area (Å²) < 4.78 is 2.47. The summed E-state index contributed by atoms with van der Waals surface area (Å²) in [5.41, 5.74) is 0.669. The van der Waals surface area contributed by atoms with Crippen molar-refractivity contribution < 1.29 is 0 Å². The van der Waals surface area contributed by atoms with Gasteiger partial charge in [0.2, 0.25) is 0 Å². The third-order valence-electron chi connectivity index (χ3n) is 4.95. The maximum Gasteiger partial charge on any atom is 0.347 e. The number of aromatic nitrogens is 3. The zero-order chi connectivity index (χ0) is 18.4. The number of aryl methyl sites for hydroxylation is 1. The van der Waals surface area contributed by atoms with Gasteiger partial charge in [0, 0.05) is 46.3 Å². The molecule has 1 saturated heterocycles. The van der Waals surface area contributed by atoms with Gasteiger partial charge < -0.3 is 4.90 Å². The van der Waals surface area contributed by atoms with Crippen LogP contribution in [0.5, 0.6) is 0 Å². The molecule has 0 atom stereocenters. The molecule has 3 rings (SSSR count). The van der Waals surface area contributed by atoms with E-state index in [0.29, 0.717) is 6.54 Å². The summed E-state index contributed by atoms with van der Waals surface area (Å²) in [5.74, 6) is 0. The Morgan fingerprint density at radius 3 is 2.31 bits per heavy atom. The van der Waals surface area contributed by atoms with E-state index in [1.807, 2.05) is 0 Å². The highest BCUT2D eigenvalue weighted by Gasteiger charge is 2.16. The first-order valence-corrected chi connectivity index (χ1v) is 9.25. The molecule has 0 bridgehead atoms. The van der Waals surface area contributed by atoms with Gasteiger partial charge in [0.25, 0.3) is 5.56 Å². The van der Waals surface area contributed by atoms with Crippen molar-refractivity contribution in [2.45, 2.75) is 25.9 Å². The Morgan fingerprint density at radius 2 is 1.58 bits per heavy atom. The van der Waals surface area contributed by atoms with Gasteiger partial charge in [-0.25, -0.2) is 9.48 Å². The minimum atomic E-state index is -0.361. The molecule has 1 fully saturated rings. The van der Waals surface area contributed by atoms with Crippen molar-refractivity contribution >= 4 is 0 Å². The molecule has 1 aromatic heterocycles. The Bertz CT molecular complexity index is 807. The number of piperazine rings is 1. The highest BCUT2D eigenvalue weighted by molar-refractivity contribution is 5.14. The standard InChI is InChI=1S/C19H27N5O2/c1-21-18(25)15-20-24(19(21)26)10-6-5-9-22-11-13-23(14-12-22)16-17-7-3-2-4-8-17/h2-4,7-8,15H,5-6,9-14,16H2,1H3. The van der Waals surface area contributed by atoms with Gasteiger partial charge in [0.15, 0.2) is 0 Å². The Balaban J connectivity index is 1.36. The number of hydrogen-bond acceptors (Lipinski definition) is 5. The van der Waals surface area contributed by atoms with E-state index in [1.165, 1.54) is 23.5 Å². The number of nitrogens with zero attached hydrogens (tertiary/aromatic N) is 5. The van der Waals surface area contributed by atoms with Gasteiger partial charge in [-0.2, -0.15) is 5.10 Å². The van der Waals surface area contributed by atoms with Crippen molar-refractivity contribution in [2.24, 2.45) is 7.05 Å². The molecule has 0 radical (unpaired) electrons. The second-order valence-electron chi connectivity index (χ2n) is 6.86. The number of hydrogen-bond donors (Lipinski definition) is 0. The largest absolute Gasteiger partial charge is 0.347 e. The van der Waals surface area contributed by atoms with Crippen LogP contribution in [0.4, 0.5) is 0 Å². The van der Waals surface area contributed by atoms with Crippen molar-refractivity contribution in [3.8, 4) is 0 Å². The van der Waals surface area contributed by atoms with Crippen LogP contribution in [0.2, 0.25) is 0 Å². The molecule has 1 aliphatic heterocycles. The summed E-state index contributed by atoms with van der Waals surface area (Å²) in [6, 6.07) is 10.6. The van der Waals surface area contributed by atoms with E-state index in [9.17, 15) is 9.59 Å². The van der Waals surface area contributed by atoms with E-state index in [4.69, 9.17) is 0 Å². The maximum atomic E-state index is 11.9. The molecule has 1 aromatic carbocycles. The van der Waals surface area contributed by atoms with Gasteiger partial charge in [-0.05, 0) is 24.9 Å². The fraction of sp³-hybridized carbons (Fsp3) is 0.526. The van der Waals surface area contributed by atoms with Crippen LogP contribution in [0.15, 0.2) is 46.1 Å². The third-order valence-corrected chi connectivity index (χ3v) is 4.95. The average molecular weight is 357 g/mol. The predicted octanol–water partition coefficient (Wildman–Crippen LogP) is 0.540. The first-order valence-electron chi connectivity index (χ1n) is 9.25. The molecular formula is C19H27N5O2. The fourth-order valence-electron chi connectivity index (χ4n) is 3.29. The predicted molar refractivity (Wildman–Crippen MR) is 101 cm³/mol. The van der Waals surface area contributed by atoms with E-state index < -0.39 is 0 Å². The van der Waals surface area contributed by atoms with Gasteiger partial charge in [-0.15, -0.1) is 0 Å². The van der Waals surface area contributed by atoms with Gasteiger partial charge >= 0.3 is 5.69 Å². The van der Waals surface area contributed by atoms with Crippen LogP contribution in [0.25, 0.3) is 0 Å². The lowest BCUT2D eigenvalue weighted by Gasteiger charge is -2.34. The first-order chi connectivity index (χ1) is 12.6. The van der Waals surface area contributed by atoms with Crippen molar-refractivity contribution in [1.82, 2.24) is 24.1 Å². The van der Waals surface area contributed by atoms with Crippen LogP contribution in [-0.2, 0) is 20.1 Å². The van der Waals surface area contributed by atoms with E-state index in [0.717, 1.165) is 56.7 Å². The molecule has 0 unspecified atom stereocenters. The average Bonchev–Trinajstić information content (AvgIpc) is 2.67. The zero-order valence-electron chi connectivity index (χ0n) is 15.4. The lowest BCUT2D eigenvalue weighted by molar-refractivity contribution is 0.125. The number of rotatable bonds is 7. The molecule has 7 nitrogen and oxygen atoms in total. The normalized spacial score (nSPS) is 16.0. The van der Waals surface area contributed by atoms with E-state index in [-0.39, 0.29) is 11.2 Å². The van der Waals surface area contributed by atoms with Gasteiger partial charge in [0.1, 0.15) is 6.20 Å². The van der Waals surface area contributed by atoms with E-state index in [1.54, 1.807) is 0 Å². The van der Waals surface area contributed by atoms with E-state index >= 15 is 0 Å². The van der Waals surface area contributed by atoms with Crippen molar-refractivity contribution in [1.29, 1.82) is 0 Å². The fourth-order valence-corrected chi connectivity index (χ4v) is 3.29. The van der Waals surface area contributed by atoms with Gasteiger partial charge in [-0.1, -0.05) is 30.3 Å². The van der Waals surface area contributed by atoms with Crippen molar-refractivity contribution in [3.63, 3.8) is 0 Å². The summed E-state index contributed by atoms with van der Waals surface area (Å²) in [6.07, 6.45) is 3.11. The number of unbranched alkanes of at least 4 members (excludes halogenated alkanes) is 1. The smallest absolute Gasteiger partial charge is 0.301 e. The Kier molecular flexibility index (Phi) is 6.35. The summed E-state index contributed by atoms with van der Waals surface area (Å²) in [7, 11) is 1.48. The Labute approximate surface area is 153 Å². The van der Waals surface area contributed by atoms with Crippen LogP contribution >= 0.6 is 0 Å². The number of benzene rings is 1. The van der Waals surface area contributed by atoms with E-state index in [2.05, 4.69) is 45.2 Å². The first kappa shape index (κ1) is 18.5. The molecule has 7 heteroatoms. The molecule has 2 aromatic rings. The topological polar surface area (TPSA) is 63.4 Å². The molecule has 0 saturated carbocycles. The minimum absolute atomic E-state index is 0.341. The quantitative estimate of drug-likeness (QED) is 0.677. The third kappa shape index (κ3) is 4.89. The SMILES string of the molecule is Cn1c(=O)cnn(CCCCN2CCN(Cc3ccccc3)CC2)c1=O. The van der Waals surface area contributed by atoms with Crippen LogP contribution in [0, 0.1) is 0 Å². The summed E-state index contributed by atoms with van der Waals surface area (Å²) in [6.45, 7) is 6.99. The molecular weight excluding hydrogens is 330 g/mol. The molecule has 2 heterocycles. The van der Waals surface area contributed by atoms with Crippen molar-refractivity contribution in [2.75, 3.05) is 32.7 Å². The summed E-state index contributed by atoms with van der Waals surface area (Å²) in [5, 5.41) is 3.92. The highest BCUT2D eigenvalue weighted by atomic mass is 16.2. The molecule has 0 N–H and O–H groups in total. The van der Waals surface area contributed by atoms with Crippen LogP contribution in [-0.4, -0.2) is 56.9 Å². The second kappa shape index (κ2) is 8.91. The summed E-state index contributed by atoms with van der Waals surface area (Å²) in [4.78, 5) is 28.3. The molecule has 0 spiro atoms. The van der Waals surface area contributed by atoms with Gasteiger partial charge in [-0.3, -0.25) is 14.3 Å². The molecule has 140 valence electrons. The Morgan fingerprint density at radius 1 is 0.923 bits per heavy atom. The lowest BCUT2D eigenvalue weighted by Crippen LogP contribution is -2.46. The van der Waals surface area contributed by atoms with Crippen LogP contribution in [0.3, 0.4) is 0 Å². The zero-order valence-corrected chi connectivity index (χ0v) is 15.4. The van der Waals surface area contributed by atoms with Crippen LogP contribution in [0.1, 0.15) is 18.4 Å². The maximum absolute atomic E-state index is 11.9. The molecule has 0 amide bonds.